The van der Waals surface area contributed by atoms with E-state index in [-0.39, 0.29) is 36.7 Å². The van der Waals surface area contributed by atoms with Crippen molar-refractivity contribution in [2.75, 3.05) is 33.9 Å². The summed E-state index contributed by atoms with van der Waals surface area (Å²) in [7, 11) is 3.22. The highest BCUT2D eigenvalue weighted by Gasteiger charge is 2.15. The normalized spacial score (nSPS) is 11.4. The van der Waals surface area contributed by atoms with E-state index in [2.05, 4.69) is 0 Å². The second-order valence-electron chi connectivity index (χ2n) is 4.42. The highest BCUT2D eigenvalue weighted by atomic mass is 35.5. The van der Waals surface area contributed by atoms with Crippen molar-refractivity contribution in [2.45, 2.75) is 12.5 Å². The molecule has 1 aromatic carbocycles. The molecule has 2 N–H and O–H groups in total. The number of benzene rings is 1. The molecule has 1 atom stereocenters. The molecule has 21 heavy (non-hydrogen) atoms. The van der Waals surface area contributed by atoms with Crippen molar-refractivity contribution in [1.29, 1.82) is 0 Å². The lowest BCUT2D eigenvalue weighted by molar-refractivity contribution is -0.132. The molecule has 0 heterocycles. The summed E-state index contributed by atoms with van der Waals surface area (Å²) in [4.78, 5) is 13.4. The van der Waals surface area contributed by atoms with Gasteiger partial charge in [0.25, 0.3) is 0 Å². The first-order valence-electron chi connectivity index (χ1n) is 6.42. The monoisotopic (exact) mass is 320 g/mol. The third-order valence-electron chi connectivity index (χ3n) is 2.93. The van der Waals surface area contributed by atoms with Gasteiger partial charge < -0.3 is 20.1 Å². The van der Waals surface area contributed by atoms with Gasteiger partial charge in [-0.15, -0.1) is 12.4 Å². The van der Waals surface area contributed by atoms with Crippen molar-refractivity contribution in [2.24, 2.45) is 5.73 Å². The summed E-state index contributed by atoms with van der Waals surface area (Å²) in [5.74, 6) is 0.214. The van der Waals surface area contributed by atoms with Gasteiger partial charge in [0.1, 0.15) is 18.2 Å². The second kappa shape index (κ2) is 10.4. The van der Waals surface area contributed by atoms with Crippen LogP contribution in [0.25, 0.3) is 0 Å². The Labute approximate surface area is 130 Å². The maximum atomic E-state index is 12.7. The van der Waals surface area contributed by atoms with Crippen LogP contribution in [0.2, 0.25) is 0 Å². The van der Waals surface area contributed by atoms with Gasteiger partial charge in [0.15, 0.2) is 0 Å². The standard InChI is InChI=1S/C14H21FN2O3.ClH/c1-17(14(18)9-13(10-16)19-2)7-8-20-12-5-3-11(15)4-6-12;/h3-6,13H,7-10,16H2,1-2H3;1H. The van der Waals surface area contributed by atoms with Crippen LogP contribution in [0.5, 0.6) is 5.75 Å². The number of ether oxygens (including phenoxy) is 2. The molecule has 1 rings (SSSR count). The molecule has 0 aliphatic carbocycles. The van der Waals surface area contributed by atoms with Crippen molar-refractivity contribution in [3.63, 3.8) is 0 Å². The Kier molecular flexibility index (Phi) is 9.69. The molecule has 120 valence electrons. The van der Waals surface area contributed by atoms with Gasteiger partial charge in [-0.2, -0.15) is 0 Å². The zero-order valence-electron chi connectivity index (χ0n) is 12.3. The molecule has 5 nitrogen and oxygen atoms in total. The predicted octanol–water partition coefficient (Wildman–Crippen LogP) is 1.45. The summed E-state index contributed by atoms with van der Waals surface area (Å²) in [6.45, 7) is 1.09. The first-order valence-corrected chi connectivity index (χ1v) is 6.42. The number of amides is 1. The fraction of sp³-hybridized carbons (Fsp3) is 0.500. The lowest BCUT2D eigenvalue weighted by Crippen LogP contribution is -2.35. The molecular weight excluding hydrogens is 299 g/mol. The molecule has 0 aliphatic heterocycles. The summed E-state index contributed by atoms with van der Waals surface area (Å²) < 4.78 is 23.2. The number of methoxy groups -OCH3 is 1. The second-order valence-corrected chi connectivity index (χ2v) is 4.42. The number of carbonyl (C=O) groups excluding carboxylic acids is 1. The maximum Gasteiger partial charge on any atom is 0.225 e. The highest BCUT2D eigenvalue weighted by molar-refractivity contribution is 5.85. The minimum Gasteiger partial charge on any atom is -0.492 e. The molecule has 0 aromatic heterocycles. The number of carbonyl (C=O) groups is 1. The SMILES string of the molecule is COC(CN)CC(=O)N(C)CCOc1ccc(F)cc1.Cl. The van der Waals surface area contributed by atoms with Gasteiger partial charge in [-0.3, -0.25) is 4.79 Å². The number of hydrogen-bond acceptors (Lipinski definition) is 4. The number of hydrogen-bond donors (Lipinski definition) is 1. The van der Waals surface area contributed by atoms with Crippen LogP contribution < -0.4 is 10.5 Å². The molecular formula is C14H22ClFN2O3. The molecule has 0 radical (unpaired) electrons. The number of nitrogens with zero attached hydrogens (tertiary/aromatic N) is 1. The quantitative estimate of drug-likeness (QED) is 0.787. The van der Waals surface area contributed by atoms with Gasteiger partial charge in [0.2, 0.25) is 5.91 Å². The zero-order valence-corrected chi connectivity index (χ0v) is 13.1. The summed E-state index contributed by atoms with van der Waals surface area (Å²) in [5, 5.41) is 0. The molecule has 0 saturated carbocycles. The van der Waals surface area contributed by atoms with Crippen LogP contribution in [0, 0.1) is 5.82 Å². The molecule has 1 aromatic rings. The fourth-order valence-corrected chi connectivity index (χ4v) is 1.57. The van der Waals surface area contributed by atoms with Crippen LogP contribution in [0.4, 0.5) is 4.39 Å². The summed E-state index contributed by atoms with van der Waals surface area (Å²) in [6.07, 6.45) is -0.0111. The van der Waals surface area contributed by atoms with Crippen LogP contribution in [-0.4, -0.2) is 50.8 Å². The van der Waals surface area contributed by atoms with E-state index in [0.717, 1.165) is 0 Å². The summed E-state index contributed by atoms with van der Waals surface area (Å²) in [6, 6.07) is 5.75. The van der Waals surface area contributed by atoms with E-state index in [1.807, 2.05) is 0 Å². The van der Waals surface area contributed by atoms with Crippen molar-refractivity contribution >= 4 is 18.3 Å². The number of halogens is 2. The van der Waals surface area contributed by atoms with Gasteiger partial charge in [0, 0.05) is 20.7 Å². The average Bonchev–Trinajstić information content (AvgIpc) is 2.46. The minimum absolute atomic E-state index is 0. The maximum absolute atomic E-state index is 12.7. The Morgan fingerprint density at radius 2 is 2.00 bits per heavy atom. The highest BCUT2D eigenvalue weighted by Crippen LogP contribution is 2.10. The van der Waals surface area contributed by atoms with Crippen molar-refractivity contribution < 1.29 is 18.7 Å². The van der Waals surface area contributed by atoms with Crippen LogP contribution >= 0.6 is 12.4 Å². The Morgan fingerprint density at radius 1 is 1.38 bits per heavy atom. The molecule has 7 heteroatoms. The molecule has 0 aliphatic rings. The van der Waals surface area contributed by atoms with Gasteiger partial charge in [-0.25, -0.2) is 4.39 Å². The van der Waals surface area contributed by atoms with E-state index in [1.165, 1.54) is 19.2 Å². The zero-order chi connectivity index (χ0) is 15.0. The van der Waals surface area contributed by atoms with E-state index in [1.54, 1.807) is 24.1 Å². The Morgan fingerprint density at radius 3 is 2.52 bits per heavy atom. The Balaban J connectivity index is 0.00000400. The third kappa shape index (κ3) is 7.27. The van der Waals surface area contributed by atoms with Gasteiger partial charge in [-0.05, 0) is 24.3 Å². The van der Waals surface area contributed by atoms with Crippen molar-refractivity contribution in [3.05, 3.63) is 30.1 Å². The lowest BCUT2D eigenvalue weighted by Gasteiger charge is -2.20. The van der Waals surface area contributed by atoms with Gasteiger partial charge in [0.05, 0.1) is 19.1 Å². The number of rotatable bonds is 8. The first kappa shape index (κ1) is 19.6. The largest absolute Gasteiger partial charge is 0.492 e. The molecule has 0 spiro atoms. The van der Waals surface area contributed by atoms with Gasteiger partial charge >= 0.3 is 0 Å². The average molecular weight is 321 g/mol. The number of likely N-dealkylation sites (N-methyl/N-ethyl adjacent to an activating group) is 1. The van der Waals surface area contributed by atoms with E-state index < -0.39 is 0 Å². The summed E-state index contributed by atoms with van der Waals surface area (Å²) >= 11 is 0. The predicted molar refractivity (Wildman–Crippen MR) is 81.2 cm³/mol. The lowest BCUT2D eigenvalue weighted by atomic mass is 10.2. The molecule has 0 fully saturated rings. The van der Waals surface area contributed by atoms with Crippen molar-refractivity contribution in [3.8, 4) is 5.75 Å². The van der Waals surface area contributed by atoms with E-state index in [4.69, 9.17) is 15.2 Å². The third-order valence-corrected chi connectivity index (χ3v) is 2.93. The van der Waals surface area contributed by atoms with Crippen LogP contribution in [0.15, 0.2) is 24.3 Å². The topological polar surface area (TPSA) is 64.8 Å². The molecule has 1 amide bonds. The minimum atomic E-state index is -0.308. The molecule has 0 bridgehead atoms. The fourth-order valence-electron chi connectivity index (χ4n) is 1.57. The molecule has 0 saturated heterocycles. The van der Waals surface area contributed by atoms with Crippen LogP contribution in [0.3, 0.4) is 0 Å². The molecule has 1 unspecified atom stereocenters. The van der Waals surface area contributed by atoms with Crippen LogP contribution in [0.1, 0.15) is 6.42 Å². The van der Waals surface area contributed by atoms with Crippen LogP contribution in [-0.2, 0) is 9.53 Å². The van der Waals surface area contributed by atoms with E-state index in [0.29, 0.717) is 25.4 Å². The Hall–Kier alpha value is -1.37. The first-order chi connectivity index (χ1) is 9.56. The van der Waals surface area contributed by atoms with E-state index >= 15 is 0 Å². The Bertz CT molecular complexity index is 413. The number of nitrogens with two attached hydrogens (primary N) is 1. The van der Waals surface area contributed by atoms with E-state index in [9.17, 15) is 9.18 Å². The smallest absolute Gasteiger partial charge is 0.225 e. The van der Waals surface area contributed by atoms with Gasteiger partial charge in [-0.1, -0.05) is 0 Å². The van der Waals surface area contributed by atoms with Crippen molar-refractivity contribution in [1.82, 2.24) is 4.90 Å². The summed E-state index contributed by atoms with van der Waals surface area (Å²) in [5.41, 5.74) is 5.47.